The molecule has 1 aliphatic carbocycles. The zero-order chi connectivity index (χ0) is 12.9. The molecule has 1 atom stereocenters. The fraction of sp³-hybridized carbons (Fsp3) is 0.917. The van der Waals surface area contributed by atoms with E-state index in [4.69, 9.17) is 5.73 Å². The summed E-state index contributed by atoms with van der Waals surface area (Å²) < 4.78 is 31.3. The maximum absolute atomic E-state index is 13.5. The van der Waals surface area contributed by atoms with Crippen molar-refractivity contribution in [3.05, 3.63) is 0 Å². The molecule has 0 radical (unpaired) electrons. The second-order valence-electron chi connectivity index (χ2n) is 4.69. The standard InChI is InChI=1S/C12H21F2NO2/c1-2-17-11(16)12(13,14)8-10(15)9-6-4-3-5-7-9/h9-10H,2-8,15H2,1H3/t10-/m1/s1. The molecule has 0 aliphatic heterocycles. The average molecular weight is 249 g/mol. The predicted octanol–water partition coefficient (Wildman–Crippen LogP) is 2.48. The maximum atomic E-state index is 13.5. The van der Waals surface area contributed by atoms with E-state index in [1.807, 2.05) is 0 Å². The van der Waals surface area contributed by atoms with Crippen LogP contribution in [-0.4, -0.2) is 24.5 Å². The second kappa shape index (κ2) is 6.28. The Morgan fingerprint density at radius 1 is 1.41 bits per heavy atom. The minimum atomic E-state index is -3.45. The highest BCUT2D eigenvalue weighted by Crippen LogP contribution is 2.31. The van der Waals surface area contributed by atoms with Crippen molar-refractivity contribution < 1.29 is 18.3 Å². The highest BCUT2D eigenvalue weighted by Gasteiger charge is 2.43. The minimum Gasteiger partial charge on any atom is -0.462 e. The Morgan fingerprint density at radius 3 is 2.53 bits per heavy atom. The summed E-state index contributed by atoms with van der Waals surface area (Å²) >= 11 is 0. The lowest BCUT2D eigenvalue weighted by molar-refractivity contribution is -0.173. The van der Waals surface area contributed by atoms with E-state index in [9.17, 15) is 13.6 Å². The van der Waals surface area contributed by atoms with Crippen LogP contribution in [0.4, 0.5) is 8.78 Å². The summed E-state index contributed by atoms with van der Waals surface area (Å²) in [6.45, 7) is 1.47. The fourth-order valence-corrected chi connectivity index (χ4v) is 2.35. The number of nitrogens with two attached hydrogens (primary N) is 1. The number of alkyl halides is 2. The Bertz CT molecular complexity index is 253. The van der Waals surface area contributed by atoms with E-state index < -0.39 is 24.4 Å². The summed E-state index contributed by atoms with van der Waals surface area (Å²) in [5, 5.41) is 0. The fourth-order valence-electron chi connectivity index (χ4n) is 2.35. The summed E-state index contributed by atoms with van der Waals surface area (Å²) in [7, 11) is 0. The van der Waals surface area contributed by atoms with Crippen LogP contribution >= 0.6 is 0 Å². The van der Waals surface area contributed by atoms with Gasteiger partial charge in [-0.2, -0.15) is 8.78 Å². The van der Waals surface area contributed by atoms with Crippen molar-refractivity contribution in [2.75, 3.05) is 6.61 Å². The van der Waals surface area contributed by atoms with Gasteiger partial charge in [0, 0.05) is 12.5 Å². The molecule has 0 heterocycles. The van der Waals surface area contributed by atoms with E-state index in [1.54, 1.807) is 0 Å². The van der Waals surface area contributed by atoms with Gasteiger partial charge in [-0.3, -0.25) is 0 Å². The van der Waals surface area contributed by atoms with Crippen molar-refractivity contribution in [1.29, 1.82) is 0 Å². The summed E-state index contributed by atoms with van der Waals surface area (Å²) in [6, 6.07) is -0.616. The SMILES string of the molecule is CCOC(=O)C(F)(F)C[C@@H](N)C1CCCCC1. The number of hydrogen-bond donors (Lipinski definition) is 1. The quantitative estimate of drug-likeness (QED) is 0.761. The second-order valence-corrected chi connectivity index (χ2v) is 4.69. The third-order valence-electron chi connectivity index (χ3n) is 3.32. The summed E-state index contributed by atoms with van der Waals surface area (Å²) in [6.07, 6.45) is 4.42. The van der Waals surface area contributed by atoms with Crippen molar-refractivity contribution in [2.45, 2.75) is 57.4 Å². The first kappa shape index (κ1) is 14.4. The molecule has 0 bridgehead atoms. The molecule has 1 fully saturated rings. The topological polar surface area (TPSA) is 52.3 Å². The van der Waals surface area contributed by atoms with E-state index in [0.717, 1.165) is 32.1 Å². The zero-order valence-corrected chi connectivity index (χ0v) is 10.3. The molecular weight excluding hydrogens is 228 g/mol. The first-order chi connectivity index (χ1) is 7.97. The van der Waals surface area contributed by atoms with Crippen LogP contribution in [0.5, 0.6) is 0 Å². The van der Waals surface area contributed by atoms with Gasteiger partial charge in [-0.15, -0.1) is 0 Å². The van der Waals surface area contributed by atoms with E-state index >= 15 is 0 Å². The lowest BCUT2D eigenvalue weighted by atomic mass is 9.82. The van der Waals surface area contributed by atoms with E-state index in [1.165, 1.54) is 6.92 Å². The number of halogens is 2. The summed E-state index contributed by atoms with van der Waals surface area (Å²) in [5.74, 6) is -4.79. The highest BCUT2D eigenvalue weighted by molar-refractivity contribution is 5.77. The van der Waals surface area contributed by atoms with Crippen molar-refractivity contribution >= 4 is 5.97 Å². The van der Waals surface area contributed by atoms with Crippen LogP contribution in [0, 0.1) is 5.92 Å². The number of carbonyl (C=O) groups is 1. The van der Waals surface area contributed by atoms with Gasteiger partial charge < -0.3 is 10.5 Å². The van der Waals surface area contributed by atoms with E-state index in [-0.39, 0.29) is 12.5 Å². The van der Waals surface area contributed by atoms with Gasteiger partial charge in [0.05, 0.1) is 6.61 Å². The Kier molecular flexibility index (Phi) is 5.31. The van der Waals surface area contributed by atoms with E-state index in [0.29, 0.717) is 0 Å². The third-order valence-corrected chi connectivity index (χ3v) is 3.32. The Balaban J connectivity index is 2.47. The molecule has 1 aliphatic rings. The van der Waals surface area contributed by atoms with Crippen LogP contribution in [0.1, 0.15) is 45.4 Å². The molecule has 1 rings (SSSR count). The van der Waals surface area contributed by atoms with Gasteiger partial charge in [0.25, 0.3) is 0 Å². The number of carbonyl (C=O) groups excluding carboxylic acids is 1. The molecule has 0 aromatic rings. The van der Waals surface area contributed by atoms with Crippen LogP contribution < -0.4 is 5.73 Å². The smallest absolute Gasteiger partial charge is 0.377 e. The first-order valence-electron chi connectivity index (χ1n) is 6.28. The molecule has 0 aromatic heterocycles. The number of rotatable bonds is 5. The molecule has 0 spiro atoms. The van der Waals surface area contributed by atoms with Crippen LogP contribution in [0.2, 0.25) is 0 Å². The zero-order valence-electron chi connectivity index (χ0n) is 10.3. The lowest BCUT2D eigenvalue weighted by Gasteiger charge is -2.29. The molecule has 100 valence electrons. The van der Waals surface area contributed by atoms with Crippen LogP contribution in [-0.2, 0) is 9.53 Å². The predicted molar refractivity (Wildman–Crippen MR) is 60.7 cm³/mol. The van der Waals surface area contributed by atoms with Gasteiger partial charge in [-0.25, -0.2) is 4.79 Å². The van der Waals surface area contributed by atoms with Gasteiger partial charge in [-0.1, -0.05) is 19.3 Å². The van der Waals surface area contributed by atoms with Crippen LogP contribution in [0.3, 0.4) is 0 Å². The van der Waals surface area contributed by atoms with Crippen molar-refractivity contribution in [3.8, 4) is 0 Å². The Morgan fingerprint density at radius 2 is 2.00 bits per heavy atom. The number of hydrogen-bond acceptors (Lipinski definition) is 3. The van der Waals surface area contributed by atoms with Gasteiger partial charge in [0.2, 0.25) is 0 Å². The van der Waals surface area contributed by atoms with Gasteiger partial charge >= 0.3 is 11.9 Å². The summed E-state index contributed by atoms with van der Waals surface area (Å²) in [5.41, 5.74) is 5.78. The van der Waals surface area contributed by atoms with E-state index in [2.05, 4.69) is 4.74 Å². The maximum Gasteiger partial charge on any atom is 0.377 e. The van der Waals surface area contributed by atoms with Crippen molar-refractivity contribution in [1.82, 2.24) is 0 Å². The molecule has 0 saturated heterocycles. The Labute approximate surface area is 101 Å². The van der Waals surface area contributed by atoms with Gasteiger partial charge in [0.1, 0.15) is 0 Å². The van der Waals surface area contributed by atoms with Gasteiger partial charge in [0.15, 0.2) is 0 Å². The minimum absolute atomic E-state index is 0.0346. The average Bonchev–Trinajstić information content (AvgIpc) is 2.30. The largest absolute Gasteiger partial charge is 0.462 e. The normalized spacial score (nSPS) is 20.0. The molecular formula is C12H21F2NO2. The monoisotopic (exact) mass is 249 g/mol. The Hall–Kier alpha value is -0.710. The van der Waals surface area contributed by atoms with Crippen molar-refractivity contribution in [2.24, 2.45) is 11.7 Å². The number of esters is 1. The molecule has 3 nitrogen and oxygen atoms in total. The highest BCUT2D eigenvalue weighted by atomic mass is 19.3. The van der Waals surface area contributed by atoms with Crippen LogP contribution in [0.25, 0.3) is 0 Å². The molecule has 0 aromatic carbocycles. The molecule has 0 unspecified atom stereocenters. The van der Waals surface area contributed by atoms with Crippen molar-refractivity contribution in [3.63, 3.8) is 0 Å². The molecule has 0 amide bonds. The molecule has 2 N–H and O–H groups in total. The van der Waals surface area contributed by atoms with Crippen LogP contribution in [0.15, 0.2) is 0 Å². The molecule has 1 saturated carbocycles. The first-order valence-corrected chi connectivity index (χ1v) is 6.28. The number of ether oxygens (including phenoxy) is 1. The van der Waals surface area contributed by atoms with Gasteiger partial charge in [-0.05, 0) is 25.7 Å². The molecule has 5 heteroatoms. The third kappa shape index (κ3) is 4.22. The lowest BCUT2D eigenvalue weighted by Crippen LogP contribution is -2.42. The summed E-state index contributed by atoms with van der Waals surface area (Å²) in [4.78, 5) is 11.1. The molecule has 17 heavy (non-hydrogen) atoms.